The minimum absolute atomic E-state index is 0.0914. The van der Waals surface area contributed by atoms with Crippen molar-refractivity contribution in [3.63, 3.8) is 0 Å². The Morgan fingerprint density at radius 1 is 1.29 bits per heavy atom. The van der Waals surface area contributed by atoms with Crippen LogP contribution in [0, 0.1) is 0 Å². The van der Waals surface area contributed by atoms with E-state index < -0.39 is 23.2 Å². The van der Waals surface area contributed by atoms with E-state index in [4.69, 9.17) is 4.74 Å². The Kier molecular flexibility index (Phi) is 5.74. The lowest BCUT2D eigenvalue weighted by Gasteiger charge is -2.31. The van der Waals surface area contributed by atoms with Crippen molar-refractivity contribution in [3.8, 4) is 5.75 Å². The molecule has 1 aliphatic rings. The average molecular weight is 345 g/mol. The van der Waals surface area contributed by atoms with Crippen LogP contribution in [0.3, 0.4) is 0 Å². The molecule has 1 aliphatic carbocycles. The van der Waals surface area contributed by atoms with Crippen molar-refractivity contribution >= 4 is 11.6 Å². The lowest BCUT2D eigenvalue weighted by molar-refractivity contribution is -0.137. The summed E-state index contributed by atoms with van der Waals surface area (Å²) in [5, 5.41) is 12.6. The first-order chi connectivity index (χ1) is 11.2. The summed E-state index contributed by atoms with van der Waals surface area (Å²) in [6.07, 6.45) is -1.18. The van der Waals surface area contributed by atoms with Crippen molar-refractivity contribution in [2.24, 2.45) is 0 Å². The van der Waals surface area contributed by atoms with Gasteiger partial charge in [0.2, 0.25) is 5.91 Å². The molecule has 2 N–H and O–H groups in total. The lowest BCUT2D eigenvalue weighted by Crippen LogP contribution is -2.36. The van der Waals surface area contributed by atoms with Gasteiger partial charge in [0.15, 0.2) is 0 Å². The summed E-state index contributed by atoms with van der Waals surface area (Å²) in [7, 11) is 0. The maximum atomic E-state index is 13.2. The first-order valence-corrected chi connectivity index (χ1v) is 8.10. The zero-order chi connectivity index (χ0) is 17.8. The van der Waals surface area contributed by atoms with Crippen LogP contribution >= 0.6 is 0 Å². The number of carbonyl (C=O) groups excluding carboxylic acids is 1. The summed E-state index contributed by atoms with van der Waals surface area (Å²) < 4.78 is 44.7. The molecule has 24 heavy (non-hydrogen) atoms. The standard InChI is InChI=1S/C17H22F3NO3/c1-2-24-12-6-7-14(13(10-12)17(18,19)20)21-15(22)11-16(23)8-4-3-5-9-16/h6-7,10,23H,2-5,8-9,11H2,1H3,(H,21,22). The van der Waals surface area contributed by atoms with Gasteiger partial charge in [0.1, 0.15) is 5.75 Å². The summed E-state index contributed by atoms with van der Waals surface area (Å²) in [6, 6.07) is 3.43. The second kappa shape index (κ2) is 7.42. The number of benzene rings is 1. The van der Waals surface area contributed by atoms with Crippen LogP contribution in [0.1, 0.15) is 51.0 Å². The monoisotopic (exact) mass is 345 g/mol. The van der Waals surface area contributed by atoms with E-state index in [0.29, 0.717) is 12.8 Å². The van der Waals surface area contributed by atoms with Crippen LogP contribution in [-0.2, 0) is 11.0 Å². The number of amides is 1. The number of aliphatic hydroxyl groups is 1. The molecule has 0 spiro atoms. The fourth-order valence-corrected chi connectivity index (χ4v) is 3.00. The largest absolute Gasteiger partial charge is 0.494 e. The van der Waals surface area contributed by atoms with Gasteiger partial charge in [-0.1, -0.05) is 19.3 Å². The number of carbonyl (C=O) groups is 1. The second-order valence-electron chi connectivity index (χ2n) is 6.15. The normalized spacial score (nSPS) is 17.4. The van der Waals surface area contributed by atoms with Gasteiger partial charge in [-0.3, -0.25) is 4.79 Å². The molecule has 1 aromatic carbocycles. The molecule has 1 fully saturated rings. The first kappa shape index (κ1) is 18.6. The van der Waals surface area contributed by atoms with E-state index in [9.17, 15) is 23.1 Å². The fraction of sp³-hybridized carbons (Fsp3) is 0.588. The van der Waals surface area contributed by atoms with E-state index in [1.807, 2.05) is 0 Å². The van der Waals surface area contributed by atoms with Crippen LogP contribution in [0.2, 0.25) is 0 Å². The molecule has 0 aromatic heterocycles. The van der Waals surface area contributed by atoms with Gasteiger partial charge in [-0.05, 0) is 38.0 Å². The van der Waals surface area contributed by atoms with Crippen LogP contribution in [0.5, 0.6) is 5.75 Å². The molecule has 0 aliphatic heterocycles. The Bertz CT molecular complexity index is 581. The van der Waals surface area contributed by atoms with E-state index in [1.54, 1.807) is 6.92 Å². The molecule has 0 saturated heterocycles. The smallest absolute Gasteiger partial charge is 0.418 e. The molecule has 1 aromatic rings. The summed E-state index contributed by atoms with van der Waals surface area (Å²) >= 11 is 0. The van der Waals surface area contributed by atoms with Crippen LogP contribution in [-0.4, -0.2) is 23.2 Å². The molecule has 0 radical (unpaired) electrons. The van der Waals surface area contributed by atoms with Gasteiger partial charge in [-0.25, -0.2) is 0 Å². The van der Waals surface area contributed by atoms with Crippen LogP contribution in [0.25, 0.3) is 0 Å². The Morgan fingerprint density at radius 2 is 1.96 bits per heavy atom. The number of halogens is 3. The maximum Gasteiger partial charge on any atom is 0.418 e. The SMILES string of the molecule is CCOc1ccc(NC(=O)CC2(O)CCCCC2)c(C(F)(F)F)c1. The van der Waals surface area contributed by atoms with Crippen molar-refractivity contribution in [2.45, 2.75) is 57.2 Å². The molecule has 0 bridgehead atoms. The van der Waals surface area contributed by atoms with E-state index in [1.165, 1.54) is 12.1 Å². The predicted molar refractivity (Wildman–Crippen MR) is 83.9 cm³/mol. The van der Waals surface area contributed by atoms with Crippen molar-refractivity contribution in [1.82, 2.24) is 0 Å². The molecule has 0 unspecified atom stereocenters. The van der Waals surface area contributed by atoms with E-state index in [0.717, 1.165) is 25.3 Å². The molecule has 4 nitrogen and oxygen atoms in total. The van der Waals surface area contributed by atoms with Crippen molar-refractivity contribution in [3.05, 3.63) is 23.8 Å². The highest BCUT2D eigenvalue weighted by Gasteiger charge is 2.36. The molecular weight excluding hydrogens is 323 g/mol. The molecule has 1 amide bonds. The quantitative estimate of drug-likeness (QED) is 0.844. The molecule has 2 rings (SSSR count). The van der Waals surface area contributed by atoms with Gasteiger partial charge < -0.3 is 15.2 Å². The van der Waals surface area contributed by atoms with Gasteiger partial charge in [0.25, 0.3) is 0 Å². The van der Waals surface area contributed by atoms with Crippen molar-refractivity contribution < 1.29 is 27.8 Å². The lowest BCUT2D eigenvalue weighted by atomic mass is 9.82. The number of hydrogen-bond donors (Lipinski definition) is 2. The van der Waals surface area contributed by atoms with Gasteiger partial charge >= 0.3 is 6.18 Å². The summed E-state index contributed by atoms with van der Waals surface area (Å²) in [4.78, 5) is 12.1. The third-order valence-electron chi connectivity index (χ3n) is 4.16. The maximum absolute atomic E-state index is 13.2. The predicted octanol–water partition coefficient (Wildman–Crippen LogP) is 4.13. The van der Waals surface area contributed by atoms with E-state index in [2.05, 4.69) is 5.32 Å². The summed E-state index contributed by atoms with van der Waals surface area (Å²) in [5.41, 5.74) is -2.40. The zero-order valence-corrected chi connectivity index (χ0v) is 13.6. The fourth-order valence-electron chi connectivity index (χ4n) is 3.00. The molecule has 7 heteroatoms. The van der Waals surface area contributed by atoms with Gasteiger partial charge in [0.05, 0.1) is 29.9 Å². The molecule has 134 valence electrons. The highest BCUT2D eigenvalue weighted by molar-refractivity contribution is 5.92. The van der Waals surface area contributed by atoms with Crippen LogP contribution in [0.4, 0.5) is 18.9 Å². The number of ether oxygens (including phenoxy) is 1. The number of nitrogens with one attached hydrogen (secondary N) is 1. The Morgan fingerprint density at radius 3 is 2.54 bits per heavy atom. The molecule has 1 saturated carbocycles. The molecule has 0 atom stereocenters. The zero-order valence-electron chi connectivity index (χ0n) is 13.6. The first-order valence-electron chi connectivity index (χ1n) is 8.10. The Balaban J connectivity index is 2.14. The van der Waals surface area contributed by atoms with Gasteiger partial charge in [-0.2, -0.15) is 13.2 Å². The second-order valence-corrected chi connectivity index (χ2v) is 6.15. The van der Waals surface area contributed by atoms with Gasteiger partial charge in [0, 0.05) is 0 Å². The van der Waals surface area contributed by atoms with Gasteiger partial charge in [-0.15, -0.1) is 0 Å². The Labute approximate surface area is 139 Å². The number of anilines is 1. The van der Waals surface area contributed by atoms with Crippen molar-refractivity contribution in [2.75, 3.05) is 11.9 Å². The highest BCUT2D eigenvalue weighted by atomic mass is 19.4. The summed E-state index contributed by atoms with van der Waals surface area (Å²) in [5.74, 6) is -0.525. The van der Waals surface area contributed by atoms with Crippen LogP contribution < -0.4 is 10.1 Å². The van der Waals surface area contributed by atoms with E-state index in [-0.39, 0.29) is 24.5 Å². The minimum Gasteiger partial charge on any atom is -0.494 e. The third kappa shape index (κ3) is 4.87. The number of rotatable bonds is 5. The Hall–Kier alpha value is -1.76. The average Bonchev–Trinajstić information content (AvgIpc) is 2.48. The van der Waals surface area contributed by atoms with Crippen LogP contribution in [0.15, 0.2) is 18.2 Å². The molecular formula is C17H22F3NO3. The van der Waals surface area contributed by atoms with E-state index >= 15 is 0 Å². The minimum atomic E-state index is -4.61. The number of hydrogen-bond acceptors (Lipinski definition) is 3. The summed E-state index contributed by atoms with van der Waals surface area (Å²) in [6.45, 7) is 1.92. The third-order valence-corrected chi connectivity index (χ3v) is 4.16. The van der Waals surface area contributed by atoms with Crippen molar-refractivity contribution in [1.29, 1.82) is 0 Å². The number of alkyl halides is 3. The molecule has 0 heterocycles. The highest BCUT2D eigenvalue weighted by Crippen LogP contribution is 2.38. The topological polar surface area (TPSA) is 58.6 Å².